The lowest BCUT2D eigenvalue weighted by atomic mass is 10.0. The molecule has 0 heterocycles. The van der Waals surface area contributed by atoms with Crippen molar-refractivity contribution in [3.8, 4) is 0 Å². The van der Waals surface area contributed by atoms with Crippen LogP contribution in [0, 0.1) is 0 Å². The van der Waals surface area contributed by atoms with Gasteiger partial charge in [-0.2, -0.15) is 0 Å². The summed E-state index contributed by atoms with van der Waals surface area (Å²) in [6.45, 7) is 5.41. The molecule has 92 valence electrons. The van der Waals surface area contributed by atoms with Crippen LogP contribution in [0.25, 0.3) is 0 Å². The predicted octanol–water partition coefficient (Wildman–Crippen LogP) is 3.39. The van der Waals surface area contributed by atoms with Crippen LogP contribution in [-0.4, -0.2) is 16.0 Å². The molecule has 0 bridgehead atoms. The Bertz CT molecular complexity index is 418. The van der Waals surface area contributed by atoms with Gasteiger partial charge in [-0.25, -0.2) is 0 Å². The molecule has 0 saturated heterocycles. The third kappa shape index (κ3) is 3.97. The fraction of sp³-hybridized carbons (Fsp3) is 0.385. The van der Waals surface area contributed by atoms with Crippen LogP contribution >= 0.6 is 15.9 Å². The molecule has 4 heteroatoms. The molecule has 0 aliphatic heterocycles. The zero-order chi connectivity index (χ0) is 13.1. The van der Waals surface area contributed by atoms with Gasteiger partial charge in [0.2, 0.25) is 5.91 Å². The number of Topliss-reactive ketones (excluding diaryl/α,β-unsaturated/α-hetero) is 1. The molecule has 0 fully saturated rings. The van der Waals surface area contributed by atoms with E-state index in [1.54, 1.807) is 31.2 Å². The Morgan fingerprint density at radius 2 is 1.76 bits per heavy atom. The number of ketones is 1. The smallest absolute Gasteiger partial charge is 0.224 e. The van der Waals surface area contributed by atoms with Gasteiger partial charge in [0.15, 0.2) is 5.78 Å². The van der Waals surface area contributed by atoms with E-state index >= 15 is 0 Å². The van der Waals surface area contributed by atoms with Crippen molar-refractivity contribution < 1.29 is 9.59 Å². The summed E-state index contributed by atoms with van der Waals surface area (Å²) in [6.07, 6.45) is 0.440. The van der Waals surface area contributed by atoms with Crippen molar-refractivity contribution >= 4 is 33.3 Å². The second kappa shape index (κ2) is 5.45. The van der Waals surface area contributed by atoms with Crippen LogP contribution in [0.1, 0.15) is 37.6 Å². The number of anilines is 1. The molecule has 1 rings (SSSR count). The van der Waals surface area contributed by atoms with Gasteiger partial charge in [-0.3, -0.25) is 9.59 Å². The predicted molar refractivity (Wildman–Crippen MR) is 72.7 cm³/mol. The maximum absolute atomic E-state index is 11.9. The number of hydrogen-bond donors (Lipinski definition) is 1. The molecule has 0 aliphatic carbocycles. The summed E-state index contributed by atoms with van der Waals surface area (Å²) in [5.74, 6) is -0.0178. The van der Waals surface area contributed by atoms with E-state index in [1.807, 2.05) is 13.8 Å². The lowest BCUT2D eigenvalue weighted by Crippen LogP contribution is -2.23. The SMILES string of the molecule is CCC(=O)Nc1ccc(C(=O)C(C)(C)Br)cc1. The fourth-order valence-electron chi connectivity index (χ4n) is 1.30. The molecule has 17 heavy (non-hydrogen) atoms. The van der Waals surface area contributed by atoms with Gasteiger partial charge >= 0.3 is 0 Å². The maximum Gasteiger partial charge on any atom is 0.224 e. The quantitative estimate of drug-likeness (QED) is 0.684. The van der Waals surface area contributed by atoms with Crippen LogP contribution in [0.2, 0.25) is 0 Å². The lowest BCUT2D eigenvalue weighted by molar-refractivity contribution is -0.115. The molecular weight excluding hydrogens is 282 g/mol. The number of nitrogens with one attached hydrogen (secondary N) is 1. The second-order valence-electron chi connectivity index (χ2n) is 4.28. The van der Waals surface area contributed by atoms with Crippen molar-refractivity contribution in [1.82, 2.24) is 0 Å². The zero-order valence-corrected chi connectivity index (χ0v) is 11.8. The lowest BCUT2D eigenvalue weighted by Gasteiger charge is -2.14. The molecule has 0 aromatic heterocycles. The number of amides is 1. The van der Waals surface area contributed by atoms with Gasteiger partial charge in [-0.1, -0.05) is 22.9 Å². The third-order valence-corrected chi connectivity index (χ3v) is 2.65. The number of carbonyl (C=O) groups is 2. The van der Waals surface area contributed by atoms with Crippen LogP contribution in [-0.2, 0) is 4.79 Å². The minimum atomic E-state index is -0.568. The largest absolute Gasteiger partial charge is 0.326 e. The van der Waals surface area contributed by atoms with Crippen molar-refractivity contribution in [2.45, 2.75) is 31.5 Å². The highest BCUT2D eigenvalue weighted by molar-refractivity contribution is 9.10. The van der Waals surface area contributed by atoms with E-state index in [-0.39, 0.29) is 11.7 Å². The number of rotatable bonds is 4. The Morgan fingerprint density at radius 1 is 1.24 bits per heavy atom. The Morgan fingerprint density at radius 3 is 2.18 bits per heavy atom. The van der Waals surface area contributed by atoms with Crippen LogP contribution in [0.4, 0.5) is 5.69 Å². The monoisotopic (exact) mass is 297 g/mol. The van der Waals surface area contributed by atoms with Crippen LogP contribution in [0.3, 0.4) is 0 Å². The summed E-state index contributed by atoms with van der Waals surface area (Å²) in [5.41, 5.74) is 1.34. The summed E-state index contributed by atoms with van der Waals surface area (Å²) in [6, 6.07) is 6.91. The highest BCUT2D eigenvalue weighted by atomic mass is 79.9. The molecule has 0 radical (unpaired) electrons. The Hall–Kier alpha value is -1.16. The van der Waals surface area contributed by atoms with Crippen molar-refractivity contribution in [1.29, 1.82) is 0 Å². The first-order valence-corrected chi connectivity index (χ1v) is 6.27. The average molecular weight is 298 g/mol. The third-order valence-electron chi connectivity index (χ3n) is 2.29. The molecule has 0 saturated carbocycles. The summed E-state index contributed by atoms with van der Waals surface area (Å²) >= 11 is 3.33. The summed E-state index contributed by atoms with van der Waals surface area (Å²) in [7, 11) is 0. The second-order valence-corrected chi connectivity index (χ2v) is 6.26. The van der Waals surface area contributed by atoms with E-state index < -0.39 is 4.32 Å². The van der Waals surface area contributed by atoms with Gasteiger partial charge in [-0.05, 0) is 38.1 Å². The Balaban J connectivity index is 2.82. The normalized spacial score (nSPS) is 11.1. The van der Waals surface area contributed by atoms with Gasteiger partial charge in [0, 0.05) is 17.7 Å². The standard InChI is InChI=1S/C13H16BrNO2/c1-4-11(16)15-10-7-5-9(6-8-10)12(17)13(2,3)14/h5-8H,4H2,1-3H3,(H,15,16). The van der Waals surface area contributed by atoms with Gasteiger partial charge < -0.3 is 5.32 Å². The number of benzene rings is 1. The molecule has 0 atom stereocenters. The van der Waals surface area contributed by atoms with E-state index in [2.05, 4.69) is 21.2 Å². The zero-order valence-electron chi connectivity index (χ0n) is 10.2. The summed E-state index contributed by atoms with van der Waals surface area (Å²) < 4.78 is -0.568. The molecular formula is C13H16BrNO2. The first kappa shape index (κ1) is 13.9. The Kier molecular flexibility index (Phi) is 4.46. The fourth-order valence-corrected chi connectivity index (χ4v) is 1.53. The average Bonchev–Trinajstić information content (AvgIpc) is 2.27. The van der Waals surface area contributed by atoms with Crippen LogP contribution in [0.15, 0.2) is 24.3 Å². The first-order valence-electron chi connectivity index (χ1n) is 5.48. The van der Waals surface area contributed by atoms with Crippen molar-refractivity contribution in [3.05, 3.63) is 29.8 Å². The maximum atomic E-state index is 11.9. The van der Waals surface area contributed by atoms with Gasteiger partial charge in [0.25, 0.3) is 0 Å². The molecule has 0 spiro atoms. The first-order chi connectivity index (χ1) is 7.84. The number of alkyl halides is 1. The van der Waals surface area contributed by atoms with E-state index in [4.69, 9.17) is 0 Å². The molecule has 1 N–H and O–H groups in total. The topological polar surface area (TPSA) is 46.2 Å². The van der Waals surface area contributed by atoms with E-state index in [0.29, 0.717) is 17.7 Å². The minimum absolute atomic E-state index is 0.0193. The number of carbonyl (C=O) groups excluding carboxylic acids is 2. The van der Waals surface area contributed by atoms with Crippen LogP contribution < -0.4 is 5.32 Å². The minimum Gasteiger partial charge on any atom is -0.326 e. The molecule has 1 aromatic carbocycles. The molecule has 3 nitrogen and oxygen atoms in total. The van der Waals surface area contributed by atoms with Crippen molar-refractivity contribution in [3.63, 3.8) is 0 Å². The van der Waals surface area contributed by atoms with Gasteiger partial charge in [0.05, 0.1) is 4.32 Å². The van der Waals surface area contributed by atoms with Crippen molar-refractivity contribution in [2.24, 2.45) is 0 Å². The van der Waals surface area contributed by atoms with E-state index in [1.165, 1.54) is 0 Å². The molecule has 0 unspecified atom stereocenters. The molecule has 1 aromatic rings. The number of halogens is 1. The van der Waals surface area contributed by atoms with E-state index in [9.17, 15) is 9.59 Å². The van der Waals surface area contributed by atoms with Gasteiger partial charge in [-0.15, -0.1) is 0 Å². The highest BCUT2D eigenvalue weighted by Crippen LogP contribution is 2.23. The Labute approximate surface area is 110 Å². The highest BCUT2D eigenvalue weighted by Gasteiger charge is 2.24. The molecule has 0 aliphatic rings. The molecule has 1 amide bonds. The van der Waals surface area contributed by atoms with E-state index in [0.717, 1.165) is 0 Å². The summed E-state index contributed by atoms with van der Waals surface area (Å²) in [5, 5.41) is 2.73. The van der Waals surface area contributed by atoms with Crippen LogP contribution in [0.5, 0.6) is 0 Å². The number of hydrogen-bond acceptors (Lipinski definition) is 2. The van der Waals surface area contributed by atoms with Crippen molar-refractivity contribution in [2.75, 3.05) is 5.32 Å². The summed E-state index contributed by atoms with van der Waals surface area (Å²) in [4.78, 5) is 23.1. The van der Waals surface area contributed by atoms with Gasteiger partial charge in [0.1, 0.15) is 0 Å².